The lowest BCUT2D eigenvalue weighted by molar-refractivity contribution is -0.260. The average Bonchev–Trinajstić information content (AvgIpc) is 2.95. The van der Waals surface area contributed by atoms with Gasteiger partial charge in [0.05, 0.1) is 48.2 Å². The highest BCUT2D eigenvalue weighted by Gasteiger charge is 2.50. The highest BCUT2D eigenvalue weighted by atomic mass is 16.7. The molecule has 2 fully saturated rings. The first kappa shape index (κ1) is 28.7. The number of Topliss-reactive ketones (excluding diaryl/α,β-unsaturated/α-hetero) is 1. The molecule has 0 aromatic heterocycles. The van der Waals surface area contributed by atoms with E-state index in [-0.39, 0.29) is 41.1 Å². The summed E-state index contributed by atoms with van der Waals surface area (Å²) in [7, 11) is 0. The second-order valence-electron chi connectivity index (χ2n) is 11.5. The molecule has 2 aromatic rings. The zero-order chi connectivity index (χ0) is 30.1. The number of ketones is 3. The largest absolute Gasteiger partial charge is 0.507 e. The summed E-state index contributed by atoms with van der Waals surface area (Å²) in [4.78, 5) is 41.8. The van der Waals surface area contributed by atoms with Crippen LogP contribution in [0.2, 0.25) is 0 Å². The van der Waals surface area contributed by atoms with E-state index in [1.807, 2.05) is 0 Å². The SMILES string of the molecule is CC(=O)[C@]1(O)Cc2c(O)c3c(c(O)c2[C@@H](O[C@H]2C[C@H](N4CCOCC4)[C@H](O)[C@H](C)O2)C1)C(=O)c1c(O)cccc1C3=O. The smallest absolute Gasteiger partial charge is 0.202 e. The van der Waals surface area contributed by atoms with Gasteiger partial charge >= 0.3 is 0 Å². The number of fused-ring (bicyclic) bond motifs is 3. The summed E-state index contributed by atoms with van der Waals surface area (Å²) in [5, 5.41) is 55.6. The molecule has 0 saturated carbocycles. The van der Waals surface area contributed by atoms with Gasteiger partial charge in [0.15, 0.2) is 17.9 Å². The van der Waals surface area contributed by atoms with Crippen molar-refractivity contribution in [2.75, 3.05) is 26.3 Å². The number of aromatic hydroxyl groups is 3. The van der Waals surface area contributed by atoms with Crippen LogP contribution >= 0.6 is 0 Å². The molecule has 5 N–H and O–H groups in total. The van der Waals surface area contributed by atoms with Gasteiger partial charge in [-0.3, -0.25) is 19.3 Å². The van der Waals surface area contributed by atoms with Crippen molar-refractivity contribution >= 4 is 17.3 Å². The Morgan fingerprint density at radius 1 is 1.05 bits per heavy atom. The van der Waals surface area contributed by atoms with Crippen LogP contribution in [0.4, 0.5) is 0 Å². The van der Waals surface area contributed by atoms with E-state index in [4.69, 9.17) is 14.2 Å². The van der Waals surface area contributed by atoms with Gasteiger partial charge in [-0.1, -0.05) is 12.1 Å². The summed E-state index contributed by atoms with van der Waals surface area (Å²) in [6, 6.07) is 3.60. The van der Waals surface area contributed by atoms with E-state index in [2.05, 4.69) is 4.90 Å². The first-order chi connectivity index (χ1) is 19.9. The highest BCUT2D eigenvalue weighted by Crippen LogP contribution is 2.52. The Labute approximate surface area is 241 Å². The minimum Gasteiger partial charge on any atom is -0.507 e. The molecule has 6 atom stereocenters. The molecule has 4 aliphatic rings. The summed E-state index contributed by atoms with van der Waals surface area (Å²) in [6.45, 7) is 5.10. The van der Waals surface area contributed by atoms with Crippen molar-refractivity contribution in [3.8, 4) is 17.2 Å². The highest BCUT2D eigenvalue weighted by molar-refractivity contribution is 6.31. The fraction of sp³-hybridized carbons (Fsp3) is 0.500. The van der Waals surface area contributed by atoms with Crippen molar-refractivity contribution in [3.63, 3.8) is 0 Å². The zero-order valence-corrected chi connectivity index (χ0v) is 23.2. The van der Waals surface area contributed by atoms with Gasteiger partial charge in [0.2, 0.25) is 5.78 Å². The van der Waals surface area contributed by atoms with Gasteiger partial charge in [-0.05, 0) is 19.9 Å². The molecule has 0 radical (unpaired) electrons. The van der Waals surface area contributed by atoms with Gasteiger partial charge in [-0.25, -0.2) is 0 Å². The third-order valence-electron chi connectivity index (χ3n) is 9.03. The third-order valence-corrected chi connectivity index (χ3v) is 9.03. The van der Waals surface area contributed by atoms with Crippen molar-refractivity contribution in [3.05, 3.63) is 51.6 Å². The maximum absolute atomic E-state index is 13.6. The van der Waals surface area contributed by atoms with E-state index in [1.54, 1.807) is 6.92 Å². The summed E-state index contributed by atoms with van der Waals surface area (Å²) in [5.74, 6) is -4.03. The van der Waals surface area contributed by atoms with Crippen molar-refractivity contribution in [1.29, 1.82) is 0 Å². The number of aliphatic hydroxyl groups excluding tert-OH is 1. The quantitative estimate of drug-likeness (QED) is 0.276. The molecule has 0 bridgehead atoms. The Hall–Kier alpha value is -3.39. The van der Waals surface area contributed by atoms with Crippen LogP contribution in [0.3, 0.4) is 0 Å². The fourth-order valence-electron chi connectivity index (χ4n) is 6.72. The van der Waals surface area contributed by atoms with Crippen LogP contribution < -0.4 is 0 Å². The lowest BCUT2D eigenvalue weighted by Gasteiger charge is -2.46. The van der Waals surface area contributed by atoms with Crippen molar-refractivity contribution in [2.24, 2.45) is 0 Å². The minimum atomic E-state index is -2.02. The fourth-order valence-corrected chi connectivity index (χ4v) is 6.72. The average molecular weight is 584 g/mol. The second-order valence-corrected chi connectivity index (χ2v) is 11.5. The molecule has 12 nitrogen and oxygen atoms in total. The first-order valence-electron chi connectivity index (χ1n) is 14.0. The molecule has 2 heterocycles. The number of ether oxygens (including phenoxy) is 3. The first-order valence-corrected chi connectivity index (χ1v) is 14.0. The molecule has 12 heteroatoms. The van der Waals surface area contributed by atoms with E-state index in [0.29, 0.717) is 26.3 Å². The molecule has 224 valence electrons. The van der Waals surface area contributed by atoms with Gasteiger partial charge in [-0.2, -0.15) is 0 Å². The molecule has 0 unspecified atom stereocenters. The number of benzene rings is 2. The summed E-state index contributed by atoms with van der Waals surface area (Å²) in [6.07, 6.45) is -4.22. The number of morpholine rings is 1. The van der Waals surface area contributed by atoms with Crippen LogP contribution in [0.1, 0.15) is 75.8 Å². The number of phenolic OH excluding ortho intramolecular Hbond substituents is 3. The Morgan fingerprint density at radius 2 is 1.74 bits per heavy atom. The molecule has 2 aromatic carbocycles. The van der Waals surface area contributed by atoms with Crippen LogP contribution in [-0.2, 0) is 25.4 Å². The number of carbonyl (C=O) groups is 3. The Morgan fingerprint density at radius 3 is 2.43 bits per heavy atom. The van der Waals surface area contributed by atoms with Crippen LogP contribution in [-0.4, -0.2) is 104 Å². The number of hydrogen-bond acceptors (Lipinski definition) is 12. The van der Waals surface area contributed by atoms with E-state index in [1.165, 1.54) is 25.1 Å². The minimum absolute atomic E-state index is 0.0532. The van der Waals surface area contributed by atoms with Crippen molar-refractivity contribution in [2.45, 2.75) is 69.4 Å². The van der Waals surface area contributed by atoms with E-state index >= 15 is 0 Å². The Balaban J connectivity index is 1.44. The molecule has 42 heavy (non-hydrogen) atoms. The predicted octanol–water partition coefficient (Wildman–Crippen LogP) is 1.10. The maximum atomic E-state index is 13.6. The summed E-state index contributed by atoms with van der Waals surface area (Å²) < 4.78 is 17.7. The molecule has 6 rings (SSSR count). The second kappa shape index (κ2) is 10.4. The van der Waals surface area contributed by atoms with Gasteiger partial charge < -0.3 is 39.7 Å². The predicted molar refractivity (Wildman–Crippen MR) is 144 cm³/mol. The van der Waals surface area contributed by atoms with Gasteiger partial charge in [0.25, 0.3) is 0 Å². The number of aliphatic hydroxyl groups is 2. The van der Waals surface area contributed by atoms with Crippen LogP contribution in [0.25, 0.3) is 0 Å². The molecule has 2 aliphatic carbocycles. The summed E-state index contributed by atoms with van der Waals surface area (Å²) in [5.41, 5.74) is -3.58. The van der Waals surface area contributed by atoms with Crippen LogP contribution in [0.15, 0.2) is 18.2 Å². The van der Waals surface area contributed by atoms with Crippen LogP contribution in [0, 0.1) is 0 Å². The molecular weight excluding hydrogens is 550 g/mol. The molecule has 0 amide bonds. The van der Waals surface area contributed by atoms with E-state index in [0.717, 1.165) is 0 Å². The molecule has 0 spiro atoms. The Bertz CT molecular complexity index is 1480. The maximum Gasteiger partial charge on any atom is 0.202 e. The lowest BCUT2D eigenvalue weighted by atomic mass is 9.72. The molecule has 2 aliphatic heterocycles. The number of rotatable bonds is 4. The molecular formula is C30H33NO11. The topological polar surface area (TPSA) is 183 Å². The number of carbonyl (C=O) groups excluding carboxylic acids is 3. The normalized spacial score (nSPS) is 31.3. The van der Waals surface area contributed by atoms with Crippen molar-refractivity contribution < 1.29 is 54.1 Å². The number of phenols is 3. The van der Waals surface area contributed by atoms with Gasteiger partial charge in [0.1, 0.15) is 22.8 Å². The lowest BCUT2D eigenvalue weighted by Crippen LogP contribution is -2.58. The standard InChI is InChI=1S/C30H33NO11/c1-13-25(34)17(31-6-8-40-9-7-31)10-20(41-13)42-19-12-30(39,14(2)32)11-16-22(19)29(38)24-23(27(16)36)26(35)15-4-3-5-18(33)21(15)28(24)37/h3-5,13,17,19-20,25,33-34,36,38-39H,6-12H2,1-2H3/t13-,17-,19-,20-,25+,30-/m0/s1. The number of hydrogen-bond donors (Lipinski definition) is 5. The Kier molecular flexibility index (Phi) is 7.11. The third kappa shape index (κ3) is 4.41. The van der Waals surface area contributed by atoms with Gasteiger partial charge in [-0.15, -0.1) is 0 Å². The van der Waals surface area contributed by atoms with Gasteiger partial charge in [0, 0.05) is 55.1 Å². The van der Waals surface area contributed by atoms with Crippen LogP contribution in [0.5, 0.6) is 17.2 Å². The zero-order valence-electron chi connectivity index (χ0n) is 23.2. The summed E-state index contributed by atoms with van der Waals surface area (Å²) >= 11 is 0. The number of nitrogens with zero attached hydrogens (tertiary/aromatic N) is 1. The van der Waals surface area contributed by atoms with E-state index < -0.39 is 82.3 Å². The van der Waals surface area contributed by atoms with Crippen molar-refractivity contribution in [1.82, 2.24) is 4.90 Å². The molecule has 2 saturated heterocycles. The monoisotopic (exact) mass is 583 g/mol. The van der Waals surface area contributed by atoms with E-state index in [9.17, 15) is 39.9 Å².